The first-order chi connectivity index (χ1) is 19.8. The monoisotopic (exact) mass is 560 g/mol. The van der Waals surface area contributed by atoms with Crippen molar-refractivity contribution in [1.82, 2.24) is 24.6 Å². The van der Waals surface area contributed by atoms with E-state index >= 15 is 4.39 Å². The van der Waals surface area contributed by atoms with Gasteiger partial charge in [-0.2, -0.15) is 5.10 Å². The van der Waals surface area contributed by atoms with Gasteiger partial charge in [-0.1, -0.05) is 18.2 Å². The van der Waals surface area contributed by atoms with E-state index in [1.807, 2.05) is 30.7 Å². The summed E-state index contributed by atoms with van der Waals surface area (Å²) < 4.78 is 22.7. The lowest BCUT2D eigenvalue weighted by Gasteiger charge is -2.56. The van der Waals surface area contributed by atoms with Crippen molar-refractivity contribution < 1.29 is 13.9 Å². The molecule has 3 aromatic rings. The highest BCUT2D eigenvalue weighted by Crippen LogP contribution is 2.43. The van der Waals surface area contributed by atoms with Gasteiger partial charge in [-0.15, -0.1) is 0 Å². The molecule has 0 aliphatic carbocycles. The Balaban J connectivity index is 1.08. The highest BCUT2D eigenvalue weighted by atomic mass is 19.1. The van der Waals surface area contributed by atoms with Gasteiger partial charge >= 0.3 is 5.97 Å². The molecule has 2 aromatic heterocycles. The number of fused-ring (bicyclic) bond motifs is 1. The first kappa shape index (κ1) is 27.8. The number of alkyl halides is 1. The van der Waals surface area contributed by atoms with Crippen LogP contribution in [0.5, 0.6) is 0 Å². The predicted octanol–water partition coefficient (Wildman–Crippen LogP) is 4.43. The van der Waals surface area contributed by atoms with Crippen LogP contribution in [-0.4, -0.2) is 83.1 Å². The van der Waals surface area contributed by atoms with Crippen molar-refractivity contribution in [3.05, 3.63) is 70.7 Å². The van der Waals surface area contributed by atoms with Crippen LogP contribution in [0.25, 0.3) is 5.69 Å². The minimum absolute atomic E-state index is 0.0430. The summed E-state index contributed by atoms with van der Waals surface area (Å²) in [7, 11) is 1.43. The maximum atomic E-state index is 15.7. The highest BCUT2D eigenvalue weighted by molar-refractivity contribution is 5.70. The molecule has 1 aromatic carbocycles. The van der Waals surface area contributed by atoms with E-state index in [0.717, 1.165) is 79.6 Å². The molecule has 1 spiro atoms. The smallest absolute Gasteiger partial charge is 0.306 e. The number of hydrogen-bond donors (Lipinski definition) is 1. The van der Waals surface area contributed by atoms with Gasteiger partial charge in [0, 0.05) is 56.3 Å². The van der Waals surface area contributed by atoms with Crippen molar-refractivity contribution in [1.29, 1.82) is 0 Å². The Kier molecular flexibility index (Phi) is 7.83. The number of halogens is 1. The number of aryl methyl sites for hydroxylation is 3. The Morgan fingerprint density at radius 2 is 2.05 bits per heavy atom. The molecule has 2 atom stereocenters. The molecule has 1 unspecified atom stereocenters. The van der Waals surface area contributed by atoms with Crippen LogP contribution in [0.15, 0.2) is 42.5 Å². The van der Waals surface area contributed by atoms with Gasteiger partial charge < -0.3 is 15.0 Å². The number of rotatable bonds is 8. The van der Waals surface area contributed by atoms with E-state index in [-0.39, 0.29) is 23.7 Å². The summed E-state index contributed by atoms with van der Waals surface area (Å²) in [4.78, 5) is 21.7. The molecule has 2 fully saturated rings. The SMILES string of the molecule is COC(=O)C[C@H](CN1CC2(CCN(Cc3ccc4c(n3)NCCC4)CC2F)C1)c1cccc(-n2nc(C)cc2C)c1. The van der Waals surface area contributed by atoms with Crippen LogP contribution in [0.3, 0.4) is 0 Å². The van der Waals surface area contributed by atoms with Gasteiger partial charge in [0.25, 0.3) is 0 Å². The third kappa shape index (κ3) is 5.88. The van der Waals surface area contributed by atoms with Gasteiger partial charge in [0.2, 0.25) is 0 Å². The second-order valence-electron chi connectivity index (χ2n) is 12.2. The average molecular weight is 561 g/mol. The van der Waals surface area contributed by atoms with Gasteiger partial charge in [-0.25, -0.2) is 14.1 Å². The number of hydrogen-bond acceptors (Lipinski definition) is 7. The Hall–Kier alpha value is -3.30. The maximum absolute atomic E-state index is 15.7. The van der Waals surface area contributed by atoms with Crippen molar-refractivity contribution >= 4 is 11.8 Å². The predicted molar refractivity (Wildman–Crippen MR) is 157 cm³/mol. The third-order valence-corrected chi connectivity index (χ3v) is 9.14. The number of nitrogens with one attached hydrogen (secondary N) is 1. The highest BCUT2D eigenvalue weighted by Gasteiger charge is 2.52. The van der Waals surface area contributed by atoms with E-state index in [1.165, 1.54) is 12.7 Å². The molecule has 8 nitrogen and oxygen atoms in total. The van der Waals surface area contributed by atoms with Crippen molar-refractivity contribution in [2.24, 2.45) is 5.41 Å². The minimum atomic E-state index is -0.878. The van der Waals surface area contributed by atoms with E-state index in [9.17, 15) is 4.79 Å². The zero-order valence-corrected chi connectivity index (χ0v) is 24.4. The summed E-state index contributed by atoms with van der Waals surface area (Å²) in [6, 6.07) is 14.6. The lowest BCUT2D eigenvalue weighted by atomic mass is 9.70. The lowest BCUT2D eigenvalue weighted by Crippen LogP contribution is -2.66. The van der Waals surface area contributed by atoms with Gasteiger partial charge in [0.15, 0.2) is 0 Å². The van der Waals surface area contributed by atoms with Gasteiger partial charge in [-0.3, -0.25) is 9.69 Å². The van der Waals surface area contributed by atoms with Crippen molar-refractivity contribution in [2.75, 3.05) is 51.7 Å². The molecular weight excluding hydrogens is 519 g/mol. The quantitative estimate of drug-likeness (QED) is 0.409. The normalized spacial score (nSPS) is 21.1. The third-order valence-electron chi connectivity index (χ3n) is 9.14. The fourth-order valence-electron chi connectivity index (χ4n) is 6.89. The van der Waals surface area contributed by atoms with Crippen molar-refractivity contribution in [2.45, 2.75) is 58.2 Å². The van der Waals surface area contributed by atoms with E-state index in [4.69, 9.17) is 9.72 Å². The number of piperidine rings is 1. The van der Waals surface area contributed by atoms with Gasteiger partial charge in [-0.05, 0) is 75.0 Å². The number of methoxy groups -OCH3 is 1. The number of nitrogens with zero attached hydrogens (tertiary/aromatic N) is 5. The maximum Gasteiger partial charge on any atom is 0.306 e. The zero-order valence-electron chi connectivity index (χ0n) is 24.4. The van der Waals surface area contributed by atoms with Crippen LogP contribution in [0.1, 0.15) is 53.4 Å². The molecule has 41 heavy (non-hydrogen) atoms. The Morgan fingerprint density at radius 1 is 1.20 bits per heavy atom. The standard InChI is InChI=1S/C32H41FN6O2/c1-22-14-23(2)39(36-22)28-8-4-6-25(15-28)26(16-30(40)41-3)17-38-20-32(21-38)11-13-37(19-29(32)33)18-27-10-9-24-7-5-12-34-31(24)35-27/h4,6,8-10,14-15,26,29H,5,7,11-13,16-21H2,1-3H3,(H,34,35)/t26-,29?/m1/s1. The topological polar surface area (TPSA) is 75.5 Å². The molecule has 0 radical (unpaired) electrons. The van der Waals surface area contributed by atoms with E-state index in [0.29, 0.717) is 19.6 Å². The largest absolute Gasteiger partial charge is 0.469 e. The van der Waals surface area contributed by atoms with Crippen LogP contribution < -0.4 is 5.32 Å². The second kappa shape index (κ2) is 11.5. The van der Waals surface area contributed by atoms with Crippen LogP contribution >= 0.6 is 0 Å². The van der Waals surface area contributed by atoms with E-state index < -0.39 is 6.17 Å². The summed E-state index contributed by atoms with van der Waals surface area (Å²) in [5.41, 5.74) is 6.05. The van der Waals surface area contributed by atoms with Gasteiger partial charge in [0.05, 0.1) is 30.6 Å². The molecule has 5 heterocycles. The van der Waals surface area contributed by atoms with Crippen LogP contribution in [0.4, 0.5) is 10.2 Å². The Morgan fingerprint density at radius 3 is 2.80 bits per heavy atom. The van der Waals surface area contributed by atoms with Crippen LogP contribution in [0, 0.1) is 19.3 Å². The molecule has 9 heteroatoms. The molecule has 0 amide bonds. The Labute approximate surface area is 241 Å². The molecule has 218 valence electrons. The number of aromatic nitrogens is 3. The number of carbonyl (C=O) groups is 1. The molecule has 1 N–H and O–H groups in total. The van der Waals surface area contributed by atoms with Crippen molar-refractivity contribution in [3.63, 3.8) is 0 Å². The first-order valence-electron chi connectivity index (χ1n) is 14.8. The second-order valence-corrected chi connectivity index (χ2v) is 12.2. The number of ether oxygens (including phenoxy) is 1. The molecular formula is C32H41FN6O2. The number of anilines is 1. The van der Waals surface area contributed by atoms with E-state index in [2.05, 4.69) is 50.5 Å². The summed E-state index contributed by atoms with van der Waals surface area (Å²) in [6.45, 7) is 9.12. The Bertz CT molecular complexity index is 1400. The fourth-order valence-corrected chi connectivity index (χ4v) is 6.89. The first-order valence-corrected chi connectivity index (χ1v) is 14.8. The molecule has 3 aliphatic rings. The van der Waals surface area contributed by atoms with Crippen LogP contribution in [-0.2, 0) is 22.5 Å². The van der Waals surface area contributed by atoms with Gasteiger partial charge in [0.1, 0.15) is 12.0 Å². The number of likely N-dealkylation sites (tertiary alicyclic amines) is 2. The number of benzene rings is 1. The molecule has 3 aliphatic heterocycles. The molecule has 6 rings (SSSR count). The summed E-state index contributed by atoms with van der Waals surface area (Å²) in [5, 5.41) is 8.03. The summed E-state index contributed by atoms with van der Waals surface area (Å²) in [5.74, 6) is 0.721. The van der Waals surface area contributed by atoms with Crippen LogP contribution in [0.2, 0.25) is 0 Å². The molecule has 0 bridgehead atoms. The van der Waals surface area contributed by atoms with E-state index in [1.54, 1.807) is 0 Å². The minimum Gasteiger partial charge on any atom is -0.469 e. The van der Waals surface area contributed by atoms with Crippen molar-refractivity contribution in [3.8, 4) is 5.69 Å². The molecule has 0 saturated carbocycles. The fraction of sp³-hybridized carbons (Fsp3) is 0.531. The zero-order chi connectivity index (χ0) is 28.6. The molecule has 2 saturated heterocycles. The summed E-state index contributed by atoms with van der Waals surface area (Å²) >= 11 is 0. The number of esters is 1. The number of carbonyl (C=O) groups excluding carboxylic acids is 1. The lowest BCUT2D eigenvalue weighted by molar-refractivity contribution is -0.142. The number of pyridine rings is 1. The average Bonchev–Trinajstić information content (AvgIpc) is 3.30. The summed E-state index contributed by atoms with van der Waals surface area (Å²) in [6.07, 6.45) is 2.46.